The lowest BCUT2D eigenvalue weighted by molar-refractivity contribution is -0.116. The lowest BCUT2D eigenvalue weighted by Crippen LogP contribution is -2.27. The quantitative estimate of drug-likeness (QED) is 0.916. The second-order valence-electron chi connectivity index (χ2n) is 5.85. The van der Waals surface area contributed by atoms with Crippen LogP contribution in [-0.2, 0) is 10.2 Å². The molecule has 1 aromatic rings. The van der Waals surface area contributed by atoms with E-state index >= 15 is 0 Å². The third-order valence-corrected chi connectivity index (χ3v) is 2.54. The van der Waals surface area contributed by atoms with Gasteiger partial charge in [0.25, 0.3) is 0 Å². The molecule has 0 fully saturated rings. The number of carbonyl (C=O) groups excluding carboxylic acids is 1. The highest BCUT2D eigenvalue weighted by Gasteiger charge is 2.24. The summed E-state index contributed by atoms with van der Waals surface area (Å²) in [4.78, 5) is 13.2. The van der Waals surface area contributed by atoms with Crippen molar-refractivity contribution < 1.29 is 13.6 Å². The van der Waals surface area contributed by atoms with Crippen molar-refractivity contribution >= 4 is 11.6 Å². The zero-order valence-corrected chi connectivity index (χ0v) is 12.0. The second-order valence-corrected chi connectivity index (χ2v) is 5.85. The number of nitrogens with one attached hydrogen (secondary N) is 1. The average molecular weight is 270 g/mol. The number of benzene rings is 1. The SMILES string of the molecule is CN(C)CC(=O)Nc1cc(F)c(C(C)(C)C)c(F)c1. The molecule has 0 heterocycles. The molecule has 0 saturated carbocycles. The van der Waals surface area contributed by atoms with Gasteiger partial charge in [0.1, 0.15) is 11.6 Å². The van der Waals surface area contributed by atoms with Gasteiger partial charge in [0.05, 0.1) is 6.54 Å². The summed E-state index contributed by atoms with van der Waals surface area (Å²) in [5, 5.41) is 2.47. The second kappa shape index (κ2) is 5.65. The third kappa shape index (κ3) is 4.28. The van der Waals surface area contributed by atoms with Crippen LogP contribution in [0.15, 0.2) is 12.1 Å². The average Bonchev–Trinajstić information content (AvgIpc) is 2.10. The summed E-state index contributed by atoms with van der Waals surface area (Å²) in [6.45, 7) is 5.36. The van der Waals surface area contributed by atoms with Crippen molar-refractivity contribution in [1.82, 2.24) is 4.90 Å². The van der Waals surface area contributed by atoms with E-state index in [1.54, 1.807) is 39.8 Å². The summed E-state index contributed by atoms with van der Waals surface area (Å²) in [7, 11) is 3.48. The Hall–Kier alpha value is -1.49. The summed E-state index contributed by atoms with van der Waals surface area (Å²) in [6, 6.07) is 2.30. The normalized spacial score (nSPS) is 11.8. The molecule has 0 saturated heterocycles. The Morgan fingerprint density at radius 3 is 2.05 bits per heavy atom. The molecule has 0 aliphatic rings. The first kappa shape index (κ1) is 15.6. The van der Waals surface area contributed by atoms with E-state index in [4.69, 9.17) is 0 Å². The summed E-state index contributed by atoms with van der Waals surface area (Å²) >= 11 is 0. The molecule has 0 atom stereocenters. The highest BCUT2D eigenvalue weighted by atomic mass is 19.1. The molecule has 0 spiro atoms. The molecule has 5 heteroatoms. The standard InChI is InChI=1S/C14H20F2N2O/c1-14(2,3)13-10(15)6-9(7-11(13)16)17-12(19)8-18(4)5/h6-7H,8H2,1-5H3,(H,17,19). The monoisotopic (exact) mass is 270 g/mol. The first-order chi connectivity index (χ1) is 8.61. The fraction of sp³-hybridized carbons (Fsp3) is 0.500. The van der Waals surface area contributed by atoms with E-state index in [-0.39, 0.29) is 23.7 Å². The molecule has 19 heavy (non-hydrogen) atoms. The summed E-state index contributed by atoms with van der Waals surface area (Å²) in [5.41, 5.74) is -0.465. The van der Waals surface area contributed by atoms with Crippen LogP contribution in [-0.4, -0.2) is 31.4 Å². The van der Waals surface area contributed by atoms with E-state index < -0.39 is 17.0 Å². The first-order valence-corrected chi connectivity index (χ1v) is 6.05. The number of likely N-dealkylation sites (N-methyl/N-ethyl adjacent to an activating group) is 1. The number of carbonyl (C=O) groups is 1. The molecule has 0 aliphatic carbocycles. The van der Waals surface area contributed by atoms with E-state index in [9.17, 15) is 13.6 Å². The number of amides is 1. The van der Waals surface area contributed by atoms with Crippen molar-refractivity contribution in [3.63, 3.8) is 0 Å². The van der Waals surface area contributed by atoms with Gasteiger partial charge >= 0.3 is 0 Å². The van der Waals surface area contributed by atoms with E-state index in [1.165, 1.54) is 0 Å². The van der Waals surface area contributed by atoms with Crippen molar-refractivity contribution in [2.24, 2.45) is 0 Å². The Kier molecular flexibility index (Phi) is 4.63. The molecular formula is C14H20F2N2O. The summed E-state index contributed by atoms with van der Waals surface area (Å²) < 4.78 is 27.8. The molecule has 0 radical (unpaired) electrons. The molecule has 3 nitrogen and oxygen atoms in total. The maximum atomic E-state index is 13.9. The van der Waals surface area contributed by atoms with Gasteiger partial charge in [-0.3, -0.25) is 4.79 Å². The number of hydrogen-bond acceptors (Lipinski definition) is 2. The molecule has 1 amide bonds. The van der Waals surface area contributed by atoms with Gasteiger partial charge in [-0.15, -0.1) is 0 Å². The van der Waals surface area contributed by atoms with Crippen LogP contribution < -0.4 is 5.32 Å². The van der Waals surface area contributed by atoms with Crippen molar-refractivity contribution in [2.75, 3.05) is 26.0 Å². The van der Waals surface area contributed by atoms with Gasteiger partial charge in [-0.2, -0.15) is 0 Å². The number of rotatable bonds is 3. The predicted octanol–water partition coefficient (Wildman–Crippen LogP) is 2.76. The van der Waals surface area contributed by atoms with Crippen molar-refractivity contribution in [3.8, 4) is 0 Å². The van der Waals surface area contributed by atoms with Crippen LogP contribution in [0.3, 0.4) is 0 Å². The summed E-state index contributed by atoms with van der Waals surface area (Å²) in [5.74, 6) is -1.60. The van der Waals surface area contributed by atoms with E-state index in [2.05, 4.69) is 5.32 Å². The van der Waals surface area contributed by atoms with Crippen LogP contribution >= 0.6 is 0 Å². The lowest BCUT2D eigenvalue weighted by Gasteiger charge is -2.21. The van der Waals surface area contributed by atoms with Gasteiger partial charge in [-0.05, 0) is 31.6 Å². The number of nitrogens with zero attached hydrogens (tertiary/aromatic N) is 1. The fourth-order valence-electron chi connectivity index (χ4n) is 1.85. The highest BCUT2D eigenvalue weighted by molar-refractivity contribution is 5.92. The molecule has 1 N–H and O–H groups in total. The van der Waals surface area contributed by atoms with Crippen LogP contribution in [0, 0.1) is 11.6 Å². The molecule has 0 unspecified atom stereocenters. The summed E-state index contributed by atoms with van der Waals surface area (Å²) in [6.07, 6.45) is 0. The topological polar surface area (TPSA) is 32.3 Å². The van der Waals surface area contributed by atoms with Crippen LogP contribution in [0.2, 0.25) is 0 Å². The first-order valence-electron chi connectivity index (χ1n) is 6.05. The van der Waals surface area contributed by atoms with Gasteiger partial charge in [0.2, 0.25) is 5.91 Å². The molecule has 106 valence electrons. The minimum atomic E-state index is -0.646. The largest absolute Gasteiger partial charge is 0.325 e. The van der Waals surface area contributed by atoms with E-state index in [0.29, 0.717) is 0 Å². The molecule has 1 rings (SSSR count). The number of halogens is 2. The third-order valence-electron chi connectivity index (χ3n) is 2.54. The van der Waals surface area contributed by atoms with Gasteiger partial charge in [0, 0.05) is 11.3 Å². The zero-order chi connectivity index (χ0) is 14.8. The van der Waals surface area contributed by atoms with E-state index in [1.807, 2.05) is 0 Å². The molecule has 0 aliphatic heterocycles. The van der Waals surface area contributed by atoms with Crippen LogP contribution in [0.4, 0.5) is 14.5 Å². The van der Waals surface area contributed by atoms with Crippen molar-refractivity contribution in [3.05, 3.63) is 29.3 Å². The minimum Gasteiger partial charge on any atom is -0.325 e. The highest BCUT2D eigenvalue weighted by Crippen LogP contribution is 2.30. The molecule has 1 aromatic carbocycles. The Balaban J connectivity index is 2.99. The Labute approximate surface area is 112 Å². The molecular weight excluding hydrogens is 250 g/mol. The maximum Gasteiger partial charge on any atom is 0.238 e. The van der Waals surface area contributed by atoms with Crippen LogP contribution in [0.1, 0.15) is 26.3 Å². The smallest absolute Gasteiger partial charge is 0.238 e. The lowest BCUT2D eigenvalue weighted by atomic mass is 9.86. The van der Waals surface area contributed by atoms with Gasteiger partial charge < -0.3 is 10.2 Å². The van der Waals surface area contributed by atoms with Crippen LogP contribution in [0.5, 0.6) is 0 Å². The van der Waals surface area contributed by atoms with Gasteiger partial charge in [-0.25, -0.2) is 8.78 Å². The van der Waals surface area contributed by atoms with Crippen molar-refractivity contribution in [2.45, 2.75) is 26.2 Å². The number of anilines is 1. The van der Waals surface area contributed by atoms with E-state index in [0.717, 1.165) is 12.1 Å². The van der Waals surface area contributed by atoms with Crippen LogP contribution in [0.25, 0.3) is 0 Å². The van der Waals surface area contributed by atoms with Gasteiger partial charge in [0.15, 0.2) is 0 Å². The fourth-order valence-corrected chi connectivity index (χ4v) is 1.85. The molecule has 0 bridgehead atoms. The Morgan fingerprint density at radius 2 is 1.68 bits per heavy atom. The Morgan fingerprint density at radius 1 is 1.21 bits per heavy atom. The zero-order valence-electron chi connectivity index (χ0n) is 12.0. The molecule has 0 aromatic heterocycles. The minimum absolute atomic E-state index is 0.0260. The van der Waals surface area contributed by atoms with Crippen molar-refractivity contribution in [1.29, 1.82) is 0 Å². The number of hydrogen-bond donors (Lipinski definition) is 1. The predicted molar refractivity (Wildman–Crippen MR) is 72.2 cm³/mol. The Bertz CT molecular complexity index is 456. The van der Waals surface area contributed by atoms with Gasteiger partial charge in [-0.1, -0.05) is 20.8 Å². The maximum absolute atomic E-state index is 13.9.